The van der Waals surface area contributed by atoms with Gasteiger partial charge >= 0.3 is 0 Å². The van der Waals surface area contributed by atoms with Crippen molar-refractivity contribution in [3.8, 4) is 12.1 Å². The molecule has 0 aromatic carbocycles. The van der Waals surface area contributed by atoms with E-state index in [9.17, 15) is 5.11 Å². The third-order valence-electron chi connectivity index (χ3n) is 1.68. The highest BCUT2D eigenvalue weighted by molar-refractivity contribution is 5.46. The second kappa shape index (κ2) is 3.46. The highest BCUT2D eigenvalue weighted by Gasteiger charge is 2.13. The summed E-state index contributed by atoms with van der Waals surface area (Å²) >= 11 is 0. The first-order valence-corrected chi connectivity index (χ1v) is 3.56. The maximum Gasteiger partial charge on any atom is 0.191 e. The Morgan fingerprint density at radius 2 is 2.08 bits per heavy atom. The van der Waals surface area contributed by atoms with Crippen molar-refractivity contribution in [3.05, 3.63) is 35.4 Å². The number of rotatable bonds is 0. The molecule has 0 spiro atoms. The summed E-state index contributed by atoms with van der Waals surface area (Å²) < 4.78 is 0. The van der Waals surface area contributed by atoms with Gasteiger partial charge in [-0.1, -0.05) is 6.08 Å². The Morgan fingerprint density at radius 3 is 2.62 bits per heavy atom. The standard InChI is InChI=1S/C9H7N3O/c1-12-8(7(5-10)6-11)3-2-4-9(12)13/h2-4,13H,1H3. The van der Waals surface area contributed by atoms with Gasteiger partial charge < -0.3 is 10.0 Å². The molecular weight excluding hydrogens is 166 g/mol. The molecule has 0 unspecified atom stereocenters. The Bertz CT molecular complexity index is 374. The molecule has 1 heterocycles. The fourth-order valence-electron chi connectivity index (χ4n) is 0.963. The summed E-state index contributed by atoms with van der Waals surface area (Å²) in [7, 11) is 1.58. The van der Waals surface area contributed by atoms with Gasteiger partial charge in [-0.3, -0.25) is 0 Å². The smallest absolute Gasteiger partial charge is 0.191 e. The molecule has 64 valence electrons. The third kappa shape index (κ3) is 1.52. The molecule has 0 aromatic rings. The van der Waals surface area contributed by atoms with E-state index in [1.54, 1.807) is 31.3 Å². The van der Waals surface area contributed by atoms with Gasteiger partial charge in [-0.25, -0.2) is 0 Å². The van der Waals surface area contributed by atoms with Gasteiger partial charge in [-0.05, 0) is 12.2 Å². The molecule has 0 radical (unpaired) electrons. The van der Waals surface area contributed by atoms with E-state index in [1.807, 2.05) is 0 Å². The van der Waals surface area contributed by atoms with E-state index in [0.717, 1.165) is 0 Å². The lowest BCUT2D eigenvalue weighted by atomic mass is 10.2. The number of aliphatic hydroxyl groups excluding tert-OH is 1. The number of nitriles is 2. The van der Waals surface area contributed by atoms with Crippen LogP contribution in [0.4, 0.5) is 0 Å². The normalized spacial score (nSPS) is 14.5. The van der Waals surface area contributed by atoms with E-state index >= 15 is 0 Å². The van der Waals surface area contributed by atoms with Gasteiger partial charge in [0.2, 0.25) is 0 Å². The predicted molar refractivity (Wildman–Crippen MR) is 45.9 cm³/mol. The van der Waals surface area contributed by atoms with Crippen LogP contribution in [0.5, 0.6) is 0 Å². The number of likely N-dealkylation sites (N-methyl/N-ethyl adjacent to an activating group) is 1. The summed E-state index contributed by atoms with van der Waals surface area (Å²) in [5, 5.41) is 26.5. The summed E-state index contributed by atoms with van der Waals surface area (Å²) in [6.07, 6.45) is 4.66. The number of nitrogens with zero attached hydrogens (tertiary/aromatic N) is 3. The molecule has 1 rings (SSSR count). The van der Waals surface area contributed by atoms with Gasteiger partial charge in [0.25, 0.3) is 0 Å². The Morgan fingerprint density at radius 1 is 1.46 bits per heavy atom. The zero-order chi connectivity index (χ0) is 9.84. The van der Waals surface area contributed by atoms with Crippen LogP contribution >= 0.6 is 0 Å². The van der Waals surface area contributed by atoms with Crippen LogP contribution in [-0.4, -0.2) is 17.1 Å². The Labute approximate surface area is 75.9 Å². The summed E-state index contributed by atoms with van der Waals surface area (Å²) in [5.74, 6) is 0.0144. The van der Waals surface area contributed by atoms with Crippen molar-refractivity contribution in [3.63, 3.8) is 0 Å². The van der Waals surface area contributed by atoms with Crippen molar-refractivity contribution < 1.29 is 5.11 Å². The summed E-state index contributed by atoms with van der Waals surface area (Å²) in [5.41, 5.74) is 0.392. The molecule has 1 aliphatic heterocycles. The van der Waals surface area contributed by atoms with Gasteiger partial charge in [0.15, 0.2) is 11.5 Å². The van der Waals surface area contributed by atoms with Crippen LogP contribution in [-0.2, 0) is 0 Å². The minimum atomic E-state index is -0.0154. The molecular formula is C9H7N3O. The van der Waals surface area contributed by atoms with Crippen molar-refractivity contribution in [2.45, 2.75) is 0 Å². The van der Waals surface area contributed by atoms with Crippen LogP contribution in [0.25, 0.3) is 0 Å². The summed E-state index contributed by atoms with van der Waals surface area (Å²) in [6.45, 7) is 0. The molecule has 1 aliphatic rings. The lowest BCUT2D eigenvalue weighted by Crippen LogP contribution is -2.19. The van der Waals surface area contributed by atoms with Gasteiger partial charge in [-0.15, -0.1) is 0 Å². The molecule has 0 amide bonds. The molecule has 1 N–H and O–H groups in total. The topological polar surface area (TPSA) is 71.0 Å². The second-order valence-electron chi connectivity index (χ2n) is 2.43. The van der Waals surface area contributed by atoms with Gasteiger partial charge in [0.1, 0.15) is 12.1 Å². The van der Waals surface area contributed by atoms with E-state index in [2.05, 4.69) is 0 Å². The molecule has 4 heteroatoms. The van der Waals surface area contributed by atoms with E-state index in [4.69, 9.17) is 10.5 Å². The average Bonchev–Trinajstić information content (AvgIpc) is 2.14. The van der Waals surface area contributed by atoms with Crippen LogP contribution in [0.2, 0.25) is 0 Å². The first-order chi connectivity index (χ1) is 6.20. The Hall–Kier alpha value is -2.20. The lowest BCUT2D eigenvalue weighted by Gasteiger charge is -2.21. The first-order valence-electron chi connectivity index (χ1n) is 3.56. The number of hydrogen-bond acceptors (Lipinski definition) is 4. The number of allylic oxidation sites excluding steroid dienone is 4. The highest BCUT2D eigenvalue weighted by atomic mass is 16.3. The molecule has 0 aromatic heterocycles. The van der Waals surface area contributed by atoms with Gasteiger partial charge in [-0.2, -0.15) is 10.5 Å². The quantitative estimate of drug-likeness (QED) is 0.558. The maximum atomic E-state index is 9.27. The fourth-order valence-corrected chi connectivity index (χ4v) is 0.963. The van der Waals surface area contributed by atoms with Crippen molar-refractivity contribution in [2.24, 2.45) is 0 Å². The Kier molecular flexibility index (Phi) is 2.37. The number of aliphatic hydroxyl groups is 1. The minimum absolute atomic E-state index is 0.0144. The second-order valence-corrected chi connectivity index (χ2v) is 2.43. The van der Waals surface area contributed by atoms with Crippen molar-refractivity contribution in [1.29, 1.82) is 10.5 Å². The van der Waals surface area contributed by atoms with E-state index in [0.29, 0.717) is 5.70 Å². The van der Waals surface area contributed by atoms with Crippen LogP contribution in [0.15, 0.2) is 35.4 Å². The molecule has 0 saturated carbocycles. The molecule has 13 heavy (non-hydrogen) atoms. The lowest BCUT2D eigenvalue weighted by molar-refractivity contribution is 0.271. The summed E-state index contributed by atoms with van der Waals surface area (Å²) in [4.78, 5) is 1.38. The number of hydrogen-bond donors (Lipinski definition) is 1. The fraction of sp³-hybridized carbons (Fsp3) is 0.111. The molecule has 0 fully saturated rings. The maximum absolute atomic E-state index is 9.27. The average molecular weight is 173 g/mol. The van der Waals surface area contributed by atoms with E-state index in [-0.39, 0.29) is 11.5 Å². The highest BCUT2D eigenvalue weighted by Crippen LogP contribution is 2.17. The van der Waals surface area contributed by atoms with Crippen LogP contribution in [0.3, 0.4) is 0 Å². The van der Waals surface area contributed by atoms with Crippen molar-refractivity contribution >= 4 is 0 Å². The molecule has 4 nitrogen and oxygen atoms in total. The SMILES string of the molecule is CN1C(O)=CC=CC1=C(C#N)C#N. The zero-order valence-electron chi connectivity index (χ0n) is 7.02. The predicted octanol–water partition coefficient (Wildman–Crippen LogP) is 1.19. The van der Waals surface area contributed by atoms with Crippen molar-refractivity contribution in [1.82, 2.24) is 4.90 Å². The minimum Gasteiger partial charge on any atom is -0.494 e. The van der Waals surface area contributed by atoms with Gasteiger partial charge in [0.05, 0.1) is 5.70 Å². The third-order valence-corrected chi connectivity index (χ3v) is 1.68. The van der Waals surface area contributed by atoms with E-state index < -0.39 is 0 Å². The largest absolute Gasteiger partial charge is 0.494 e. The molecule has 0 bridgehead atoms. The zero-order valence-corrected chi connectivity index (χ0v) is 7.02. The van der Waals surface area contributed by atoms with E-state index in [1.165, 1.54) is 11.0 Å². The monoisotopic (exact) mass is 173 g/mol. The molecule has 0 aliphatic carbocycles. The van der Waals surface area contributed by atoms with Crippen molar-refractivity contribution in [2.75, 3.05) is 7.05 Å². The first kappa shape index (κ1) is 8.89. The Balaban J connectivity index is 3.19. The molecule has 0 saturated heterocycles. The van der Waals surface area contributed by atoms with Crippen LogP contribution in [0.1, 0.15) is 0 Å². The molecule has 0 atom stereocenters. The van der Waals surface area contributed by atoms with Crippen LogP contribution < -0.4 is 0 Å². The van der Waals surface area contributed by atoms with Crippen LogP contribution in [0, 0.1) is 22.7 Å². The van der Waals surface area contributed by atoms with Gasteiger partial charge in [0, 0.05) is 7.05 Å². The summed E-state index contributed by atoms with van der Waals surface area (Å²) in [6, 6.07) is 3.52.